The average molecular weight is 497 g/mol. The third-order valence-corrected chi connectivity index (χ3v) is 6.39. The lowest BCUT2D eigenvalue weighted by Gasteiger charge is -2.08. The maximum Gasteiger partial charge on any atom is 0.220 e. The second kappa shape index (κ2) is 19.7. The van der Waals surface area contributed by atoms with Crippen LogP contribution in [0.3, 0.4) is 0 Å². The molecular weight excluding hydrogens is 448 g/mol. The smallest absolute Gasteiger partial charge is 0.220 e. The summed E-state index contributed by atoms with van der Waals surface area (Å²) >= 11 is 0. The second-order valence-corrected chi connectivity index (χ2v) is 9.67. The van der Waals surface area contributed by atoms with Gasteiger partial charge in [0, 0.05) is 0 Å². The van der Waals surface area contributed by atoms with E-state index in [0.717, 1.165) is 30.8 Å². The van der Waals surface area contributed by atoms with Crippen LogP contribution >= 0.6 is 0 Å². The van der Waals surface area contributed by atoms with Crippen molar-refractivity contribution in [3.05, 3.63) is 64.3 Å². The molecule has 0 heterocycles. The molecule has 0 spiro atoms. The van der Waals surface area contributed by atoms with Gasteiger partial charge in [0.15, 0.2) is 5.75 Å². The number of benzene rings is 1. The highest BCUT2D eigenvalue weighted by Crippen LogP contribution is 2.17. The average Bonchev–Trinajstić information content (AvgIpc) is 3.07. The Morgan fingerprint density at radius 3 is 1.47 bits per heavy atom. The SMILES string of the molecule is CCCCCCCCCCCOc1ccc(OCc2ccc(OCCCCCCC)cc2)c(=O)cc1. The van der Waals surface area contributed by atoms with Gasteiger partial charge in [-0.3, -0.25) is 4.79 Å². The van der Waals surface area contributed by atoms with Crippen LogP contribution in [-0.2, 0) is 6.61 Å². The van der Waals surface area contributed by atoms with Gasteiger partial charge >= 0.3 is 0 Å². The molecule has 2 aromatic carbocycles. The fourth-order valence-corrected chi connectivity index (χ4v) is 4.09. The Morgan fingerprint density at radius 2 is 0.944 bits per heavy atom. The molecule has 0 N–H and O–H groups in total. The molecule has 2 aromatic rings. The van der Waals surface area contributed by atoms with Gasteiger partial charge in [0.1, 0.15) is 18.1 Å². The molecule has 4 nitrogen and oxygen atoms in total. The molecule has 2 rings (SSSR count). The summed E-state index contributed by atoms with van der Waals surface area (Å²) in [5.74, 6) is 1.91. The van der Waals surface area contributed by atoms with Crippen LogP contribution in [0.2, 0.25) is 0 Å². The minimum absolute atomic E-state index is 0.143. The van der Waals surface area contributed by atoms with Gasteiger partial charge in [0.05, 0.1) is 13.2 Å². The van der Waals surface area contributed by atoms with Crippen LogP contribution in [0.25, 0.3) is 0 Å². The van der Waals surface area contributed by atoms with Gasteiger partial charge in [-0.2, -0.15) is 0 Å². The monoisotopic (exact) mass is 496 g/mol. The van der Waals surface area contributed by atoms with Crippen LogP contribution in [0.5, 0.6) is 17.2 Å². The van der Waals surface area contributed by atoms with Crippen molar-refractivity contribution in [2.24, 2.45) is 0 Å². The number of ether oxygens (including phenoxy) is 3. The van der Waals surface area contributed by atoms with E-state index in [1.54, 1.807) is 12.1 Å². The summed E-state index contributed by atoms with van der Waals surface area (Å²) in [6.07, 6.45) is 17.7. The Labute approximate surface area is 219 Å². The molecule has 0 atom stereocenters. The van der Waals surface area contributed by atoms with E-state index in [4.69, 9.17) is 14.2 Å². The zero-order valence-electron chi connectivity index (χ0n) is 22.8. The van der Waals surface area contributed by atoms with Gasteiger partial charge in [0.2, 0.25) is 5.43 Å². The molecule has 0 bridgehead atoms. The van der Waals surface area contributed by atoms with E-state index in [1.807, 2.05) is 30.3 Å². The number of unbranched alkanes of at least 4 members (excludes halogenated alkanes) is 12. The summed E-state index contributed by atoms with van der Waals surface area (Å²) in [4.78, 5) is 12.4. The van der Waals surface area contributed by atoms with Crippen molar-refractivity contribution in [3.63, 3.8) is 0 Å². The fraction of sp³-hybridized carbons (Fsp3) is 0.594. The van der Waals surface area contributed by atoms with Crippen molar-refractivity contribution < 1.29 is 14.2 Å². The molecule has 0 radical (unpaired) electrons. The topological polar surface area (TPSA) is 44.8 Å². The molecule has 0 saturated carbocycles. The quantitative estimate of drug-likeness (QED) is 0.162. The van der Waals surface area contributed by atoms with Crippen LogP contribution in [0.4, 0.5) is 0 Å². The molecule has 0 aliphatic heterocycles. The minimum atomic E-state index is -0.143. The van der Waals surface area contributed by atoms with Crippen molar-refractivity contribution >= 4 is 0 Å². The van der Waals surface area contributed by atoms with E-state index >= 15 is 0 Å². The highest BCUT2D eigenvalue weighted by molar-refractivity contribution is 5.30. The summed E-state index contributed by atoms with van der Waals surface area (Å²) in [6, 6.07) is 14.7. The molecular formula is C32H48O4. The molecule has 0 aliphatic rings. The third kappa shape index (κ3) is 13.6. The summed E-state index contributed by atoms with van der Waals surface area (Å²) in [5.41, 5.74) is 0.856. The summed E-state index contributed by atoms with van der Waals surface area (Å²) in [7, 11) is 0. The lowest BCUT2D eigenvalue weighted by Crippen LogP contribution is -2.04. The van der Waals surface area contributed by atoms with Gasteiger partial charge in [-0.1, -0.05) is 103 Å². The zero-order chi connectivity index (χ0) is 25.7. The molecule has 4 heteroatoms. The number of hydrogen-bond acceptors (Lipinski definition) is 4. The van der Waals surface area contributed by atoms with Gasteiger partial charge in [-0.25, -0.2) is 0 Å². The Balaban J connectivity index is 1.66. The van der Waals surface area contributed by atoms with Crippen molar-refractivity contribution in [2.75, 3.05) is 13.2 Å². The van der Waals surface area contributed by atoms with Crippen LogP contribution in [-0.4, -0.2) is 13.2 Å². The van der Waals surface area contributed by atoms with E-state index in [9.17, 15) is 4.79 Å². The first-order valence-corrected chi connectivity index (χ1v) is 14.3. The highest BCUT2D eigenvalue weighted by Gasteiger charge is 2.03. The van der Waals surface area contributed by atoms with Gasteiger partial charge in [-0.05, 0) is 54.8 Å². The van der Waals surface area contributed by atoms with Gasteiger partial charge < -0.3 is 14.2 Å². The lowest BCUT2D eigenvalue weighted by molar-refractivity contribution is 0.298. The Kier molecular flexibility index (Phi) is 16.2. The fourth-order valence-electron chi connectivity index (χ4n) is 4.09. The Hall–Kier alpha value is -2.49. The molecule has 0 unspecified atom stereocenters. The standard InChI is InChI=1S/C32H48O4/c1-3-5-7-9-10-11-12-14-16-26-35-30-21-23-31(33)32(24-22-30)36-27-28-17-19-29(20-18-28)34-25-15-13-8-6-4-2/h17-24H,3-16,25-27H2,1-2H3. The molecule has 36 heavy (non-hydrogen) atoms. The number of hydrogen-bond donors (Lipinski definition) is 0. The van der Waals surface area contributed by atoms with Crippen molar-refractivity contribution in [1.29, 1.82) is 0 Å². The molecule has 0 fully saturated rings. The maximum atomic E-state index is 12.4. The zero-order valence-corrected chi connectivity index (χ0v) is 22.8. The lowest BCUT2D eigenvalue weighted by atomic mass is 10.1. The van der Waals surface area contributed by atoms with Gasteiger partial charge in [0.25, 0.3) is 0 Å². The minimum Gasteiger partial charge on any atom is -0.494 e. The summed E-state index contributed by atoms with van der Waals surface area (Å²) in [6.45, 7) is 6.25. The maximum absolute atomic E-state index is 12.4. The van der Waals surface area contributed by atoms with E-state index in [-0.39, 0.29) is 5.43 Å². The van der Waals surface area contributed by atoms with E-state index in [1.165, 1.54) is 83.1 Å². The first-order chi connectivity index (χ1) is 17.7. The first kappa shape index (κ1) is 29.7. The molecule has 0 aromatic heterocycles. The van der Waals surface area contributed by atoms with Crippen LogP contribution in [0, 0.1) is 0 Å². The van der Waals surface area contributed by atoms with E-state index < -0.39 is 0 Å². The van der Waals surface area contributed by atoms with Crippen LogP contribution in [0.15, 0.2) is 53.3 Å². The van der Waals surface area contributed by atoms with Gasteiger partial charge in [-0.15, -0.1) is 0 Å². The second-order valence-electron chi connectivity index (χ2n) is 9.67. The van der Waals surface area contributed by atoms with Crippen molar-refractivity contribution in [2.45, 2.75) is 110 Å². The van der Waals surface area contributed by atoms with Crippen LogP contribution < -0.4 is 19.6 Å². The Morgan fingerprint density at radius 1 is 0.500 bits per heavy atom. The van der Waals surface area contributed by atoms with E-state index in [0.29, 0.717) is 24.7 Å². The molecule has 200 valence electrons. The molecule has 0 saturated heterocycles. The van der Waals surface area contributed by atoms with Crippen LogP contribution in [0.1, 0.15) is 109 Å². The molecule has 0 amide bonds. The predicted molar refractivity (Wildman–Crippen MR) is 150 cm³/mol. The summed E-state index contributed by atoms with van der Waals surface area (Å²) < 4.78 is 17.5. The predicted octanol–water partition coefficient (Wildman–Crippen LogP) is 8.88. The number of rotatable bonds is 21. The third-order valence-electron chi connectivity index (χ3n) is 6.39. The normalized spacial score (nSPS) is 10.8. The molecule has 0 aliphatic carbocycles. The summed E-state index contributed by atoms with van der Waals surface area (Å²) in [5, 5.41) is 0. The van der Waals surface area contributed by atoms with Crippen molar-refractivity contribution in [3.8, 4) is 17.2 Å². The van der Waals surface area contributed by atoms with E-state index in [2.05, 4.69) is 13.8 Å². The van der Waals surface area contributed by atoms with Crippen molar-refractivity contribution in [1.82, 2.24) is 0 Å². The highest BCUT2D eigenvalue weighted by atomic mass is 16.5. The first-order valence-electron chi connectivity index (χ1n) is 14.3. The Bertz CT molecular complexity index is 863. The largest absolute Gasteiger partial charge is 0.494 e.